The van der Waals surface area contributed by atoms with Gasteiger partial charge in [-0.25, -0.2) is 9.78 Å². The number of ether oxygens (including phenoxy) is 4. The first-order valence-corrected chi connectivity index (χ1v) is 15.3. The van der Waals surface area contributed by atoms with Crippen LogP contribution in [0.4, 0.5) is 22.2 Å². The number of piperazine rings is 1. The van der Waals surface area contributed by atoms with Gasteiger partial charge in [0.1, 0.15) is 23.9 Å². The van der Waals surface area contributed by atoms with Crippen LogP contribution in [0.2, 0.25) is 0 Å². The lowest BCUT2D eigenvalue weighted by Gasteiger charge is -2.32. The molecule has 1 aromatic heterocycles. The molecular formula is C35H42N6O5. The molecular weight excluding hydrogens is 584 g/mol. The third kappa shape index (κ3) is 8.43. The summed E-state index contributed by atoms with van der Waals surface area (Å²) >= 11 is 0. The summed E-state index contributed by atoms with van der Waals surface area (Å²) in [4.78, 5) is 29.0. The highest BCUT2D eigenvalue weighted by Gasteiger charge is 2.23. The summed E-state index contributed by atoms with van der Waals surface area (Å²) in [6.07, 6.45) is 1.04. The Morgan fingerprint density at radius 1 is 0.913 bits per heavy atom. The highest BCUT2D eigenvalue weighted by atomic mass is 16.6. The van der Waals surface area contributed by atoms with Crippen molar-refractivity contribution in [3.05, 3.63) is 89.6 Å². The maximum Gasteiger partial charge on any atom is 0.421 e. The van der Waals surface area contributed by atoms with Crippen LogP contribution in [0.5, 0.6) is 23.0 Å². The van der Waals surface area contributed by atoms with Crippen LogP contribution < -0.4 is 29.2 Å². The number of carbonyl (C=O) groups excluding carboxylic acids is 1. The lowest BCUT2D eigenvalue weighted by atomic mass is 10.1. The summed E-state index contributed by atoms with van der Waals surface area (Å²) in [5, 5.41) is 3.23. The van der Waals surface area contributed by atoms with Gasteiger partial charge in [-0.2, -0.15) is 4.98 Å². The van der Waals surface area contributed by atoms with Crippen LogP contribution in [-0.2, 0) is 6.54 Å². The number of aromatic nitrogens is 2. The van der Waals surface area contributed by atoms with Crippen LogP contribution in [0.15, 0.2) is 72.9 Å². The standard InChI is InChI=1S/C35H42N6O5/c1-25-7-6-8-26(2)33(25)46-35(42)41(24-27-9-12-29(43-4)13-10-27)32-15-16-36-34(38-32)37-28-11-14-30(31(23-28)44-5)45-22-21-40-19-17-39(3)18-20-40/h6-16,23H,17-22,24H2,1-5H3,(H,36,37,38). The fourth-order valence-corrected chi connectivity index (χ4v) is 5.16. The van der Waals surface area contributed by atoms with E-state index in [1.165, 1.54) is 4.90 Å². The summed E-state index contributed by atoms with van der Waals surface area (Å²) in [7, 11) is 5.38. The van der Waals surface area contributed by atoms with E-state index in [9.17, 15) is 4.79 Å². The number of para-hydroxylation sites is 1. The van der Waals surface area contributed by atoms with Crippen LogP contribution in [0.1, 0.15) is 16.7 Å². The van der Waals surface area contributed by atoms with E-state index in [2.05, 4.69) is 32.1 Å². The number of benzene rings is 3. The molecule has 0 aliphatic carbocycles. The minimum absolute atomic E-state index is 0.220. The Morgan fingerprint density at radius 3 is 2.35 bits per heavy atom. The van der Waals surface area contributed by atoms with Gasteiger partial charge < -0.3 is 29.2 Å². The largest absolute Gasteiger partial charge is 0.497 e. The molecule has 0 spiro atoms. The molecule has 1 aliphatic heterocycles. The Hall–Kier alpha value is -4.87. The number of carbonyl (C=O) groups is 1. The van der Waals surface area contributed by atoms with Crippen molar-refractivity contribution < 1.29 is 23.7 Å². The zero-order valence-electron chi connectivity index (χ0n) is 27.2. The first-order chi connectivity index (χ1) is 22.3. The second-order valence-electron chi connectivity index (χ2n) is 11.2. The zero-order chi connectivity index (χ0) is 32.5. The Kier molecular flexibility index (Phi) is 10.9. The molecule has 5 rings (SSSR count). The number of methoxy groups -OCH3 is 2. The number of hydrogen-bond acceptors (Lipinski definition) is 10. The van der Waals surface area contributed by atoms with E-state index in [0.29, 0.717) is 41.3 Å². The second kappa shape index (κ2) is 15.4. The molecule has 46 heavy (non-hydrogen) atoms. The molecule has 11 nitrogen and oxygen atoms in total. The molecule has 4 aromatic rings. The number of nitrogens with one attached hydrogen (secondary N) is 1. The van der Waals surface area contributed by atoms with Gasteiger partial charge in [-0.15, -0.1) is 0 Å². The number of nitrogens with zero attached hydrogens (tertiary/aromatic N) is 5. The molecule has 11 heteroatoms. The molecule has 1 N–H and O–H groups in total. The fraction of sp³-hybridized carbons (Fsp3) is 0.343. The van der Waals surface area contributed by atoms with Gasteiger partial charge in [0.25, 0.3) is 0 Å². The van der Waals surface area contributed by atoms with E-state index in [-0.39, 0.29) is 6.54 Å². The molecule has 2 heterocycles. The first kappa shape index (κ1) is 32.5. The maximum atomic E-state index is 13.7. The lowest BCUT2D eigenvalue weighted by molar-refractivity contribution is 0.133. The summed E-state index contributed by atoms with van der Waals surface area (Å²) < 4.78 is 22.9. The van der Waals surface area contributed by atoms with Gasteiger partial charge in [0.2, 0.25) is 5.95 Å². The monoisotopic (exact) mass is 626 g/mol. The van der Waals surface area contributed by atoms with Crippen molar-refractivity contribution in [2.45, 2.75) is 20.4 Å². The van der Waals surface area contributed by atoms with Crippen LogP contribution in [0.25, 0.3) is 0 Å². The van der Waals surface area contributed by atoms with Crippen molar-refractivity contribution in [2.24, 2.45) is 0 Å². The normalized spacial score (nSPS) is 13.6. The van der Waals surface area contributed by atoms with Gasteiger partial charge in [0.05, 0.1) is 20.8 Å². The summed E-state index contributed by atoms with van der Waals surface area (Å²) in [5.74, 6) is 3.19. The molecule has 3 aromatic carbocycles. The fourth-order valence-electron chi connectivity index (χ4n) is 5.16. The van der Waals surface area contributed by atoms with Crippen LogP contribution in [-0.4, -0.2) is 86.5 Å². The highest BCUT2D eigenvalue weighted by Crippen LogP contribution is 2.32. The third-order valence-electron chi connectivity index (χ3n) is 7.92. The average Bonchev–Trinajstić information content (AvgIpc) is 3.07. The van der Waals surface area contributed by atoms with Gasteiger partial charge in [-0.3, -0.25) is 9.80 Å². The van der Waals surface area contributed by atoms with Crippen molar-refractivity contribution in [3.8, 4) is 23.0 Å². The summed E-state index contributed by atoms with van der Waals surface area (Å²) in [6.45, 7) is 9.69. The molecule has 0 saturated carbocycles. The van der Waals surface area contributed by atoms with Gasteiger partial charge in [0, 0.05) is 50.7 Å². The second-order valence-corrected chi connectivity index (χ2v) is 11.2. The molecule has 1 aliphatic rings. The van der Waals surface area contributed by atoms with E-state index < -0.39 is 6.09 Å². The van der Waals surface area contributed by atoms with Gasteiger partial charge in [-0.1, -0.05) is 30.3 Å². The molecule has 0 atom stereocenters. The summed E-state index contributed by atoms with van der Waals surface area (Å²) in [5.41, 5.74) is 3.31. The summed E-state index contributed by atoms with van der Waals surface area (Å²) in [6, 6.07) is 20.5. The number of aryl methyl sites for hydroxylation is 2. The van der Waals surface area contributed by atoms with Gasteiger partial charge in [0.15, 0.2) is 11.5 Å². The molecule has 1 amide bonds. The van der Waals surface area contributed by atoms with Crippen LogP contribution in [0, 0.1) is 13.8 Å². The minimum Gasteiger partial charge on any atom is -0.497 e. The molecule has 0 unspecified atom stereocenters. The molecule has 1 fully saturated rings. The van der Waals surface area contributed by atoms with E-state index in [1.54, 1.807) is 26.5 Å². The van der Waals surface area contributed by atoms with E-state index in [1.807, 2.05) is 74.5 Å². The van der Waals surface area contributed by atoms with Crippen molar-refractivity contribution in [1.82, 2.24) is 19.8 Å². The Morgan fingerprint density at radius 2 is 1.65 bits per heavy atom. The van der Waals surface area contributed by atoms with Crippen molar-refractivity contribution in [1.29, 1.82) is 0 Å². The number of rotatable bonds is 12. The Labute approximate surface area is 270 Å². The quantitative estimate of drug-likeness (QED) is 0.211. The van der Waals surface area contributed by atoms with E-state index in [0.717, 1.165) is 55.2 Å². The van der Waals surface area contributed by atoms with Crippen molar-refractivity contribution in [2.75, 3.05) is 70.8 Å². The molecule has 1 saturated heterocycles. The SMILES string of the molecule is COc1ccc(CN(C(=O)Oc2c(C)cccc2C)c2ccnc(Nc3ccc(OCCN4CCN(C)CC4)c(OC)c3)n2)cc1. The van der Waals surface area contributed by atoms with Crippen LogP contribution >= 0.6 is 0 Å². The first-order valence-electron chi connectivity index (χ1n) is 15.3. The lowest BCUT2D eigenvalue weighted by Crippen LogP contribution is -2.45. The van der Waals surface area contributed by atoms with Crippen molar-refractivity contribution in [3.63, 3.8) is 0 Å². The highest BCUT2D eigenvalue weighted by molar-refractivity contribution is 5.88. The Balaban J connectivity index is 1.32. The number of anilines is 3. The van der Waals surface area contributed by atoms with Crippen molar-refractivity contribution >= 4 is 23.5 Å². The zero-order valence-corrected chi connectivity index (χ0v) is 27.2. The molecule has 0 bridgehead atoms. The van der Waals surface area contributed by atoms with Gasteiger partial charge >= 0.3 is 6.09 Å². The van der Waals surface area contributed by atoms with Crippen LogP contribution in [0.3, 0.4) is 0 Å². The van der Waals surface area contributed by atoms with E-state index in [4.69, 9.17) is 18.9 Å². The Bertz CT molecular complexity index is 1590. The third-order valence-corrected chi connectivity index (χ3v) is 7.92. The molecule has 242 valence electrons. The topological polar surface area (TPSA) is 102 Å². The smallest absolute Gasteiger partial charge is 0.421 e. The van der Waals surface area contributed by atoms with Gasteiger partial charge in [-0.05, 0) is 67.9 Å². The van der Waals surface area contributed by atoms with E-state index >= 15 is 0 Å². The number of amides is 1. The predicted octanol–water partition coefficient (Wildman–Crippen LogP) is 5.69. The minimum atomic E-state index is -0.558. The predicted molar refractivity (Wildman–Crippen MR) is 179 cm³/mol. The molecule has 0 radical (unpaired) electrons. The number of likely N-dealkylation sites (N-methyl/N-ethyl adjacent to an activating group) is 1. The number of hydrogen-bond donors (Lipinski definition) is 1. The average molecular weight is 627 g/mol. The maximum absolute atomic E-state index is 13.7.